The fourth-order valence-corrected chi connectivity index (χ4v) is 2.78. The van der Waals surface area contributed by atoms with Crippen molar-refractivity contribution in [1.29, 1.82) is 0 Å². The third kappa shape index (κ3) is 2.63. The van der Waals surface area contributed by atoms with E-state index >= 15 is 0 Å². The number of halogens is 1. The molecule has 4 rings (SSSR count). The maximum absolute atomic E-state index is 13.3. The number of aryl methyl sites for hydroxylation is 1. The Bertz CT molecular complexity index is 1160. The van der Waals surface area contributed by atoms with E-state index in [4.69, 9.17) is 4.52 Å². The number of nitrogens with one attached hydrogen (secondary N) is 1. The molecule has 0 saturated carbocycles. The van der Waals surface area contributed by atoms with Gasteiger partial charge in [0, 0.05) is 10.9 Å². The van der Waals surface area contributed by atoms with Crippen molar-refractivity contribution < 1.29 is 14.0 Å². The molecule has 0 spiro atoms. The number of fused-ring (bicyclic) bond motifs is 1. The number of aromatic nitrogens is 3. The lowest BCUT2D eigenvalue weighted by molar-refractivity contribution is 0.426. The Morgan fingerprint density at radius 3 is 2.69 bits per heavy atom. The minimum absolute atomic E-state index is 0.107. The van der Waals surface area contributed by atoms with Gasteiger partial charge in [0.1, 0.15) is 17.1 Å². The molecule has 0 aliphatic carbocycles. The van der Waals surface area contributed by atoms with Crippen molar-refractivity contribution in [3.8, 4) is 28.6 Å². The number of aromatic amines is 1. The molecule has 4 aromatic rings. The lowest BCUT2D eigenvalue weighted by Gasteiger charge is -2.04. The van der Waals surface area contributed by atoms with E-state index in [1.807, 2.05) is 24.3 Å². The summed E-state index contributed by atoms with van der Waals surface area (Å²) in [6.45, 7) is 2.06. The van der Waals surface area contributed by atoms with Gasteiger partial charge in [-0.1, -0.05) is 36.3 Å². The summed E-state index contributed by atoms with van der Waals surface area (Å²) < 4.78 is 18.5. The third-order valence-corrected chi connectivity index (χ3v) is 4.21. The molecule has 2 aromatic heterocycles. The largest absolute Gasteiger partial charge is 0.506 e. The molecule has 26 heavy (non-hydrogen) atoms. The van der Waals surface area contributed by atoms with Gasteiger partial charge in [-0.2, -0.15) is 4.98 Å². The summed E-state index contributed by atoms with van der Waals surface area (Å²) in [5, 5.41) is 14.6. The Morgan fingerprint density at radius 1 is 1.19 bits per heavy atom. The zero-order valence-corrected chi connectivity index (χ0v) is 13.8. The van der Waals surface area contributed by atoms with Crippen LogP contribution in [0.15, 0.2) is 51.8 Å². The summed E-state index contributed by atoms with van der Waals surface area (Å²) in [4.78, 5) is 19.1. The second-order valence-corrected chi connectivity index (χ2v) is 5.84. The fraction of sp³-hybridized carbons (Fsp3) is 0.105. The molecule has 130 valence electrons. The van der Waals surface area contributed by atoms with Crippen LogP contribution in [0.5, 0.6) is 5.75 Å². The maximum atomic E-state index is 13.3. The van der Waals surface area contributed by atoms with Gasteiger partial charge in [-0.3, -0.25) is 4.79 Å². The first-order valence-corrected chi connectivity index (χ1v) is 8.04. The van der Waals surface area contributed by atoms with Gasteiger partial charge in [0.25, 0.3) is 11.4 Å². The van der Waals surface area contributed by atoms with Gasteiger partial charge in [-0.15, -0.1) is 0 Å². The van der Waals surface area contributed by atoms with Gasteiger partial charge in [0.2, 0.25) is 5.82 Å². The van der Waals surface area contributed by atoms with E-state index in [1.165, 1.54) is 17.7 Å². The highest BCUT2D eigenvalue weighted by atomic mass is 19.1. The lowest BCUT2D eigenvalue weighted by atomic mass is 10.1. The molecule has 0 unspecified atom stereocenters. The molecule has 0 amide bonds. The molecule has 7 heteroatoms. The Morgan fingerprint density at radius 2 is 1.96 bits per heavy atom. The predicted octanol–water partition coefficient (Wildman–Crippen LogP) is 3.65. The van der Waals surface area contributed by atoms with Crippen LogP contribution in [0.25, 0.3) is 33.7 Å². The topological polar surface area (TPSA) is 92.0 Å². The Kier molecular flexibility index (Phi) is 3.76. The minimum Gasteiger partial charge on any atom is -0.506 e. The average molecular weight is 351 g/mol. The predicted molar refractivity (Wildman–Crippen MR) is 94.3 cm³/mol. The van der Waals surface area contributed by atoms with Gasteiger partial charge in [-0.05, 0) is 30.2 Å². The normalized spacial score (nSPS) is 11.2. The molecular weight excluding hydrogens is 337 g/mol. The van der Waals surface area contributed by atoms with Gasteiger partial charge < -0.3 is 14.6 Å². The van der Waals surface area contributed by atoms with Gasteiger partial charge in [-0.25, -0.2) is 4.39 Å². The summed E-state index contributed by atoms with van der Waals surface area (Å²) in [5.74, 6) is -0.651. The van der Waals surface area contributed by atoms with Crippen molar-refractivity contribution in [2.24, 2.45) is 0 Å². The van der Waals surface area contributed by atoms with E-state index in [2.05, 4.69) is 22.0 Å². The minimum atomic E-state index is -0.642. The zero-order valence-electron chi connectivity index (χ0n) is 13.8. The van der Waals surface area contributed by atoms with Crippen molar-refractivity contribution in [1.82, 2.24) is 15.1 Å². The second kappa shape index (κ2) is 6.11. The van der Waals surface area contributed by atoms with Crippen LogP contribution < -0.4 is 5.56 Å². The molecule has 0 bridgehead atoms. The number of nitrogens with zero attached hydrogens (tertiary/aromatic N) is 2. The van der Waals surface area contributed by atoms with E-state index in [1.54, 1.807) is 0 Å². The molecule has 0 aliphatic heterocycles. The molecule has 0 aliphatic rings. The molecule has 2 heterocycles. The van der Waals surface area contributed by atoms with Gasteiger partial charge in [0.15, 0.2) is 0 Å². The van der Waals surface area contributed by atoms with E-state index in [-0.39, 0.29) is 28.1 Å². The molecule has 2 N–H and O–H groups in total. The lowest BCUT2D eigenvalue weighted by Crippen LogP contribution is -2.09. The molecule has 0 saturated heterocycles. The van der Waals surface area contributed by atoms with Crippen LogP contribution in [0.3, 0.4) is 0 Å². The van der Waals surface area contributed by atoms with Crippen LogP contribution in [0.1, 0.15) is 12.5 Å². The SMILES string of the molecule is CCc1ccc(-c2noc(-c3c(O)c4ccc(F)cc4[nH]c3=O)n2)cc1. The first kappa shape index (κ1) is 16.0. The van der Waals surface area contributed by atoms with Crippen LogP contribution in [-0.4, -0.2) is 20.2 Å². The van der Waals surface area contributed by atoms with Crippen molar-refractivity contribution in [3.05, 3.63) is 64.2 Å². The zero-order chi connectivity index (χ0) is 18.3. The summed E-state index contributed by atoms with van der Waals surface area (Å²) >= 11 is 0. The highest BCUT2D eigenvalue weighted by molar-refractivity contribution is 5.90. The van der Waals surface area contributed by atoms with Crippen LogP contribution in [-0.2, 0) is 6.42 Å². The number of pyridine rings is 1. The highest BCUT2D eigenvalue weighted by Gasteiger charge is 2.20. The Balaban J connectivity index is 1.82. The summed E-state index contributed by atoms with van der Waals surface area (Å²) in [5.41, 5.74) is 1.31. The van der Waals surface area contributed by atoms with Crippen LogP contribution in [0.4, 0.5) is 4.39 Å². The second-order valence-electron chi connectivity index (χ2n) is 5.84. The summed E-state index contributed by atoms with van der Waals surface area (Å²) in [6, 6.07) is 11.3. The van der Waals surface area contributed by atoms with Crippen LogP contribution >= 0.6 is 0 Å². The van der Waals surface area contributed by atoms with Crippen LogP contribution in [0.2, 0.25) is 0 Å². The Hall–Kier alpha value is -3.48. The van der Waals surface area contributed by atoms with E-state index in [9.17, 15) is 14.3 Å². The first-order valence-electron chi connectivity index (χ1n) is 8.04. The monoisotopic (exact) mass is 351 g/mol. The van der Waals surface area contributed by atoms with E-state index in [0.717, 1.165) is 18.1 Å². The van der Waals surface area contributed by atoms with Gasteiger partial charge in [0.05, 0.1) is 5.52 Å². The quantitative estimate of drug-likeness (QED) is 0.588. The molecule has 2 aromatic carbocycles. The van der Waals surface area contributed by atoms with Crippen molar-refractivity contribution >= 4 is 10.9 Å². The van der Waals surface area contributed by atoms with E-state index in [0.29, 0.717) is 5.82 Å². The molecule has 0 fully saturated rings. The number of H-pyrrole nitrogens is 1. The Labute approximate surface area is 146 Å². The number of hydrogen-bond acceptors (Lipinski definition) is 5. The molecule has 6 nitrogen and oxygen atoms in total. The fourth-order valence-electron chi connectivity index (χ4n) is 2.78. The standard InChI is InChI=1S/C19H14FN3O3/c1-2-10-3-5-11(6-4-10)17-22-19(26-23-17)15-16(24)13-8-7-12(20)9-14(13)21-18(15)25/h3-9H,2H2,1H3,(H2,21,24,25). The molecular formula is C19H14FN3O3. The highest BCUT2D eigenvalue weighted by Crippen LogP contribution is 2.32. The average Bonchev–Trinajstić information content (AvgIpc) is 3.11. The van der Waals surface area contributed by atoms with Crippen LogP contribution in [0, 0.1) is 5.82 Å². The van der Waals surface area contributed by atoms with Crippen molar-refractivity contribution in [2.75, 3.05) is 0 Å². The number of benzene rings is 2. The third-order valence-electron chi connectivity index (χ3n) is 4.21. The maximum Gasteiger partial charge on any atom is 0.267 e. The summed E-state index contributed by atoms with van der Waals surface area (Å²) in [7, 11) is 0. The van der Waals surface area contributed by atoms with Crippen molar-refractivity contribution in [3.63, 3.8) is 0 Å². The number of rotatable bonds is 3. The molecule has 0 radical (unpaired) electrons. The number of aromatic hydroxyl groups is 1. The van der Waals surface area contributed by atoms with Gasteiger partial charge >= 0.3 is 0 Å². The van der Waals surface area contributed by atoms with Crippen molar-refractivity contribution in [2.45, 2.75) is 13.3 Å². The van der Waals surface area contributed by atoms with E-state index < -0.39 is 11.4 Å². The number of hydrogen-bond donors (Lipinski definition) is 2. The smallest absolute Gasteiger partial charge is 0.267 e. The molecule has 0 atom stereocenters. The summed E-state index contributed by atoms with van der Waals surface area (Å²) in [6.07, 6.45) is 0.915. The first-order chi connectivity index (χ1) is 12.6.